The van der Waals surface area contributed by atoms with Crippen LogP contribution >= 0.6 is 0 Å². The second-order valence-corrected chi connectivity index (χ2v) is 4.60. The molecule has 2 aromatic rings. The molecule has 5 heteroatoms. The Balaban J connectivity index is 2.14. The van der Waals surface area contributed by atoms with Crippen LogP contribution in [0.25, 0.3) is 5.52 Å². The lowest BCUT2D eigenvalue weighted by atomic mass is 10.3. The number of hydrogen-bond donors (Lipinski definition) is 1. The molecule has 0 spiro atoms. The van der Waals surface area contributed by atoms with Crippen LogP contribution in [-0.2, 0) is 0 Å². The Morgan fingerprint density at radius 1 is 1.39 bits per heavy atom. The topological polar surface area (TPSA) is 45.5 Å². The Morgan fingerprint density at radius 2 is 2.22 bits per heavy atom. The quantitative estimate of drug-likeness (QED) is 0.841. The number of fused-ring (bicyclic) bond motifs is 1. The van der Waals surface area contributed by atoms with Crippen molar-refractivity contribution in [2.24, 2.45) is 0 Å². The van der Waals surface area contributed by atoms with Crippen molar-refractivity contribution in [1.82, 2.24) is 19.9 Å². The van der Waals surface area contributed by atoms with E-state index in [0.29, 0.717) is 6.04 Å². The summed E-state index contributed by atoms with van der Waals surface area (Å²) >= 11 is 0. The summed E-state index contributed by atoms with van der Waals surface area (Å²) < 4.78 is 1.86. The van der Waals surface area contributed by atoms with Crippen molar-refractivity contribution in [2.45, 2.75) is 26.8 Å². The average Bonchev–Trinajstić information content (AvgIpc) is 2.82. The summed E-state index contributed by atoms with van der Waals surface area (Å²) in [4.78, 5) is 6.76. The molecule has 2 heterocycles. The molecule has 0 bridgehead atoms. The molecule has 0 radical (unpaired) electrons. The summed E-state index contributed by atoms with van der Waals surface area (Å²) in [6, 6.07) is 2.52. The van der Waals surface area contributed by atoms with E-state index in [0.717, 1.165) is 31.0 Å². The summed E-state index contributed by atoms with van der Waals surface area (Å²) in [5, 5.41) is 7.67. The number of nitrogens with zero attached hydrogens (tertiary/aromatic N) is 4. The minimum absolute atomic E-state index is 0.516. The highest BCUT2D eigenvalue weighted by atomic mass is 15.3. The number of aromatic nitrogens is 3. The van der Waals surface area contributed by atoms with Crippen LogP contribution in [-0.4, -0.2) is 40.3 Å². The van der Waals surface area contributed by atoms with Gasteiger partial charge in [-0.15, -0.1) is 0 Å². The highest BCUT2D eigenvalue weighted by Gasteiger charge is 2.10. The van der Waals surface area contributed by atoms with Gasteiger partial charge in [0.05, 0.1) is 6.20 Å². The van der Waals surface area contributed by atoms with Crippen LogP contribution in [0.2, 0.25) is 0 Å². The van der Waals surface area contributed by atoms with E-state index < -0.39 is 0 Å². The molecule has 0 atom stereocenters. The molecule has 2 rings (SSSR count). The Morgan fingerprint density at radius 3 is 2.94 bits per heavy atom. The number of hydrogen-bond acceptors (Lipinski definition) is 4. The summed E-state index contributed by atoms with van der Waals surface area (Å²) in [5.74, 6) is 1.00. The third-order valence-electron chi connectivity index (χ3n) is 2.92. The van der Waals surface area contributed by atoms with Gasteiger partial charge in [-0.25, -0.2) is 9.50 Å². The van der Waals surface area contributed by atoms with Crippen LogP contribution in [0.1, 0.15) is 20.8 Å². The van der Waals surface area contributed by atoms with E-state index >= 15 is 0 Å². The maximum atomic E-state index is 4.49. The summed E-state index contributed by atoms with van der Waals surface area (Å²) in [6.07, 6.45) is 5.48. The maximum Gasteiger partial charge on any atom is 0.154 e. The van der Waals surface area contributed by atoms with Crippen molar-refractivity contribution in [2.75, 3.05) is 24.5 Å². The van der Waals surface area contributed by atoms with E-state index in [4.69, 9.17) is 0 Å². The van der Waals surface area contributed by atoms with E-state index in [1.54, 1.807) is 12.4 Å². The predicted molar refractivity (Wildman–Crippen MR) is 74.0 cm³/mol. The van der Waals surface area contributed by atoms with Crippen molar-refractivity contribution in [1.29, 1.82) is 0 Å². The van der Waals surface area contributed by atoms with Gasteiger partial charge < -0.3 is 10.2 Å². The second-order valence-electron chi connectivity index (χ2n) is 4.60. The Kier molecular flexibility index (Phi) is 4.15. The van der Waals surface area contributed by atoms with Crippen molar-refractivity contribution in [3.8, 4) is 0 Å². The standard InChI is InChI=1S/C13H21N5/c1-4-17(9-7-14-11(2)3)13-12-5-6-16-18(12)10-8-15-13/h5-6,8,10-11,14H,4,7,9H2,1-3H3. The first-order valence-corrected chi connectivity index (χ1v) is 6.49. The molecule has 0 unspecified atom stereocenters. The van der Waals surface area contributed by atoms with Crippen molar-refractivity contribution in [3.63, 3.8) is 0 Å². The molecule has 18 heavy (non-hydrogen) atoms. The Hall–Kier alpha value is -1.62. The molecule has 98 valence electrons. The first-order valence-electron chi connectivity index (χ1n) is 6.49. The smallest absolute Gasteiger partial charge is 0.154 e. The van der Waals surface area contributed by atoms with Crippen molar-refractivity contribution >= 4 is 11.3 Å². The monoisotopic (exact) mass is 247 g/mol. The average molecular weight is 247 g/mol. The van der Waals surface area contributed by atoms with Gasteiger partial charge in [0, 0.05) is 38.1 Å². The lowest BCUT2D eigenvalue weighted by Crippen LogP contribution is -2.35. The molecule has 0 aliphatic rings. The molecule has 1 N–H and O–H groups in total. The lowest BCUT2D eigenvalue weighted by Gasteiger charge is -2.23. The fraction of sp³-hybridized carbons (Fsp3) is 0.538. The highest BCUT2D eigenvalue weighted by molar-refractivity contribution is 5.68. The molecule has 2 aromatic heterocycles. The van der Waals surface area contributed by atoms with E-state index in [9.17, 15) is 0 Å². The number of rotatable bonds is 6. The van der Waals surface area contributed by atoms with Gasteiger partial charge in [-0.2, -0.15) is 5.10 Å². The normalized spacial score (nSPS) is 11.3. The van der Waals surface area contributed by atoms with Gasteiger partial charge in [-0.05, 0) is 13.0 Å². The third-order valence-corrected chi connectivity index (χ3v) is 2.92. The van der Waals surface area contributed by atoms with Gasteiger partial charge in [0.25, 0.3) is 0 Å². The molecule has 0 aromatic carbocycles. The number of likely N-dealkylation sites (N-methyl/N-ethyl adjacent to an activating group) is 1. The molecule has 0 fully saturated rings. The zero-order valence-electron chi connectivity index (χ0n) is 11.3. The zero-order valence-corrected chi connectivity index (χ0v) is 11.3. The lowest BCUT2D eigenvalue weighted by molar-refractivity contribution is 0.582. The van der Waals surface area contributed by atoms with Crippen LogP contribution < -0.4 is 10.2 Å². The molecular weight excluding hydrogens is 226 g/mol. The second kappa shape index (κ2) is 5.82. The molecule has 0 saturated carbocycles. The zero-order chi connectivity index (χ0) is 13.0. The molecule has 0 aliphatic heterocycles. The van der Waals surface area contributed by atoms with Crippen LogP contribution in [0.15, 0.2) is 24.7 Å². The van der Waals surface area contributed by atoms with Crippen LogP contribution in [0.5, 0.6) is 0 Å². The van der Waals surface area contributed by atoms with Crippen molar-refractivity contribution < 1.29 is 0 Å². The molecule has 0 amide bonds. The summed E-state index contributed by atoms with van der Waals surface area (Å²) in [5.41, 5.74) is 1.06. The SMILES string of the molecule is CCN(CCNC(C)C)c1nccn2nccc12. The van der Waals surface area contributed by atoms with Gasteiger partial charge in [-0.3, -0.25) is 0 Å². The largest absolute Gasteiger partial charge is 0.354 e. The first kappa shape index (κ1) is 12.8. The molecule has 0 saturated heterocycles. The van der Waals surface area contributed by atoms with Crippen LogP contribution in [0, 0.1) is 0 Å². The van der Waals surface area contributed by atoms with Gasteiger partial charge in [0.2, 0.25) is 0 Å². The van der Waals surface area contributed by atoms with E-state index in [1.807, 2.05) is 16.8 Å². The third kappa shape index (κ3) is 2.79. The molecule has 5 nitrogen and oxygen atoms in total. The van der Waals surface area contributed by atoms with Gasteiger partial charge in [-0.1, -0.05) is 13.8 Å². The first-order chi connectivity index (χ1) is 8.72. The summed E-state index contributed by atoms with van der Waals surface area (Å²) in [7, 11) is 0. The number of nitrogens with one attached hydrogen (secondary N) is 1. The van der Waals surface area contributed by atoms with Gasteiger partial charge in [0.15, 0.2) is 5.82 Å². The van der Waals surface area contributed by atoms with Crippen molar-refractivity contribution in [3.05, 3.63) is 24.7 Å². The van der Waals surface area contributed by atoms with Crippen LogP contribution in [0.3, 0.4) is 0 Å². The summed E-state index contributed by atoms with van der Waals surface area (Å²) in [6.45, 7) is 9.32. The van der Waals surface area contributed by atoms with Gasteiger partial charge in [0.1, 0.15) is 5.52 Å². The Bertz CT molecular complexity index is 491. The molecular formula is C13H21N5. The fourth-order valence-electron chi connectivity index (χ4n) is 1.99. The van der Waals surface area contributed by atoms with E-state index in [-0.39, 0.29) is 0 Å². The Labute approximate surface area is 108 Å². The molecule has 0 aliphatic carbocycles. The van der Waals surface area contributed by atoms with E-state index in [1.165, 1.54) is 0 Å². The minimum Gasteiger partial charge on any atom is -0.354 e. The predicted octanol–water partition coefficient (Wildman–Crippen LogP) is 1.55. The fourth-order valence-corrected chi connectivity index (χ4v) is 1.99. The minimum atomic E-state index is 0.516. The maximum absolute atomic E-state index is 4.49. The van der Waals surface area contributed by atoms with E-state index in [2.05, 4.69) is 41.1 Å². The van der Waals surface area contributed by atoms with Gasteiger partial charge >= 0.3 is 0 Å². The number of anilines is 1. The highest BCUT2D eigenvalue weighted by Crippen LogP contribution is 2.17. The van der Waals surface area contributed by atoms with Crippen LogP contribution in [0.4, 0.5) is 5.82 Å².